The number of nitrogen functional groups attached to an aromatic ring is 1. The summed E-state index contributed by atoms with van der Waals surface area (Å²) in [5.74, 6) is 0.791. The van der Waals surface area contributed by atoms with E-state index in [-0.39, 0.29) is 5.41 Å². The number of hydrogen-bond donors (Lipinski definition) is 1. The van der Waals surface area contributed by atoms with Gasteiger partial charge in [0, 0.05) is 17.8 Å². The number of nitrogens with zero attached hydrogens (tertiary/aromatic N) is 4. The van der Waals surface area contributed by atoms with Crippen molar-refractivity contribution in [1.29, 1.82) is 0 Å². The Morgan fingerprint density at radius 2 is 1.83 bits per heavy atom. The summed E-state index contributed by atoms with van der Waals surface area (Å²) >= 11 is 0. The molecule has 1 heterocycles. The maximum absolute atomic E-state index is 5.68. The zero-order chi connectivity index (χ0) is 13.2. The molecule has 2 N–H and O–H groups in total. The first kappa shape index (κ1) is 12.5. The highest BCUT2D eigenvalue weighted by Gasteiger charge is 2.14. The van der Waals surface area contributed by atoms with Crippen LogP contribution < -0.4 is 5.73 Å². The second-order valence-corrected chi connectivity index (χ2v) is 5.66. The number of rotatable bonds is 3. The van der Waals surface area contributed by atoms with Crippen molar-refractivity contribution in [3.8, 4) is 11.4 Å². The smallest absolute Gasteiger partial charge is 0.182 e. The Morgan fingerprint density at radius 1 is 1.17 bits per heavy atom. The maximum Gasteiger partial charge on any atom is 0.182 e. The van der Waals surface area contributed by atoms with Crippen LogP contribution in [0.1, 0.15) is 27.2 Å². The number of aromatic nitrogens is 4. The van der Waals surface area contributed by atoms with E-state index < -0.39 is 0 Å². The van der Waals surface area contributed by atoms with Crippen LogP contribution in [0.25, 0.3) is 11.4 Å². The van der Waals surface area contributed by atoms with E-state index in [0.717, 1.165) is 30.0 Å². The lowest BCUT2D eigenvalue weighted by atomic mass is 9.92. The molecular formula is C13H19N5. The van der Waals surface area contributed by atoms with Gasteiger partial charge in [0.25, 0.3) is 0 Å². The van der Waals surface area contributed by atoms with Gasteiger partial charge in [-0.2, -0.15) is 0 Å². The van der Waals surface area contributed by atoms with Gasteiger partial charge in [-0.3, -0.25) is 0 Å². The van der Waals surface area contributed by atoms with Crippen molar-refractivity contribution in [2.45, 2.75) is 33.7 Å². The average Bonchev–Trinajstić information content (AvgIpc) is 2.75. The van der Waals surface area contributed by atoms with Crippen LogP contribution in [0.2, 0.25) is 0 Å². The third kappa shape index (κ3) is 3.06. The molecular weight excluding hydrogens is 226 g/mol. The fourth-order valence-electron chi connectivity index (χ4n) is 1.64. The zero-order valence-corrected chi connectivity index (χ0v) is 11.1. The van der Waals surface area contributed by atoms with Crippen molar-refractivity contribution in [3.63, 3.8) is 0 Å². The monoisotopic (exact) mass is 245 g/mol. The molecule has 0 fully saturated rings. The fraction of sp³-hybridized carbons (Fsp3) is 0.462. The highest BCUT2D eigenvalue weighted by Crippen LogP contribution is 2.22. The molecule has 0 unspecified atom stereocenters. The normalized spacial score (nSPS) is 11.7. The minimum atomic E-state index is 0.268. The second kappa shape index (κ2) is 4.76. The molecule has 18 heavy (non-hydrogen) atoms. The van der Waals surface area contributed by atoms with Gasteiger partial charge in [-0.1, -0.05) is 20.8 Å². The Labute approximate surface area is 107 Å². The summed E-state index contributed by atoms with van der Waals surface area (Å²) in [6, 6.07) is 7.60. The van der Waals surface area contributed by atoms with E-state index in [1.807, 2.05) is 28.9 Å². The number of aryl methyl sites for hydroxylation is 1. The average molecular weight is 245 g/mol. The van der Waals surface area contributed by atoms with Gasteiger partial charge >= 0.3 is 0 Å². The summed E-state index contributed by atoms with van der Waals surface area (Å²) in [6.07, 6.45) is 1.03. The molecule has 5 heteroatoms. The van der Waals surface area contributed by atoms with Gasteiger partial charge in [0.05, 0.1) is 0 Å². The summed E-state index contributed by atoms with van der Waals surface area (Å²) in [4.78, 5) is 0. The standard InChI is InChI=1S/C13H19N5/c1-13(2,3)8-9-18-12(15-16-17-18)10-4-6-11(14)7-5-10/h4-7H,8-9,14H2,1-3H3. The van der Waals surface area contributed by atoms with Crippen LogP contribution in [-0.2, 0) is 6.54 Å². The first-order chi connectivity index (χ1) is 8.46. The predicted molar refractivity (Wildman–Crippen MR) is 71.7 cm³/mol. The summed E-state index contributed by atoms with van der Waals surface area (Å²) < 4.78 is 1.84. The minimum absolute atomic E-state index is 0.268. The van der Waals surface area contributed by atoms with Crippen molar-refractivity contribution in [2.24, 2.45) is 5.41 Å². The number of nitrogens with two attached hydrogens (primary N) is 1. The molecule has 2 rings (SSSR count). The molecule has 96 valence electrons. The SMILES string of the molecule is CC(C)(C)CCn1nnnc1-c1ccc(N)cc1. The fourth-order valence-corrected chi connectivity index (χ4v) is 1.64. The predicted octanol–water partition coefficient (Wildman–Crippen LogP) is 2.36. The third-order valence-electron chi connectivity index (χ3n) is 2.77. The largest absolute Gasteiger partial charge is 0.399 e. The molecule has 0 amide bonds. The van der Waals surface area contributed by atoms with Crippen molar-refractivity contribution in [3.05, 3.63) is 24.3 Å². The van der Waals surface area contributed by atoms with Gasteiger partial charge in [0.2, 0.25) is 0 Å². The van der Waals surface area contributed by atoms with Crippen molar-refractivity contribution < 1.29 is 0 Å². The molecule has 1 aromatic carbocycles. The maximum atomic E-state index is 5.68. The van der Waals surface area contributed by atoms with Crippen LogP contribution in [0.4, 0.5) is 5.69 Å². The Morgan fingerprint density at radius 3 is 2.44 bits per heavy atom. The number of hydrogen-bond acceptors (Lipinski definition) is 4. The molecule has 0 spiro atoms. The van der Waals surface area contributed by atoms with E-state index in [1.54, 1.807) is 0 Å². The summed E-state index contributed by atoms with van der Waals surface area (Å²) in [5.41, 5.74) is 7.68. The Kier molecular flexibility index (Phi) is 3.32. The number of tetrazole rings is 1. The highest BCUT2D eigenvalue weighted by molar-refractivity contribution is 5.58. The lowest BCUT2D eigenvalue weighted by molar-refractivity contribution is 0.340. The number of benzene rings is 1. The van der Waals surface area contributed by atoms with E-state index in [9.17, 15) is 0 Å². The molecule has 2 aromatic rings. The molecule has 1 aromatic heterocycles. The van der Waals surface area contributed by atoms with E-state index in [1.165, 1.54) is 0 Å². The topological polar surface area (TPSA) is 69.6 Å². The molecule has 0 saturated carbocycles. The molecule has 0 saturated heterocycles. The van der Waals surface area contributed by atoms with Gasteiger partial charge in [0.15, 0.2) is 5.82 Å². The van der Waals surface area contributed by atoms with Gasteiger partial charge < -0.3 is 5.73 Å². The van der Waals surface area contributed by atoms with Crippen LogP contribution in [0.15, 0.2) is 24.3 Å². The van der Waals surface area contributed by atoms with Gasteiger partial charge in [-0.25, -0.2) is 4.68 Å². The van der Waals surface area contributed by atoms with Gasteiger partial charge in [0.1, 0.15) is 0 Å². The van der Waals surface area contributed by atoms with Gasteiger partial charge in [-0.05, 0) is 46.5 Å². The van der Waals surface area contributed by atoms with E-state index in [4.69, 9.17) is 5.73 Å². The van der Waals surface area contributed by atoms with Crippen LogP contribution >= 0.6 is 0 Å². The molecule has 0 aliphatic rings. The Balaban J connectivity index is 2.20. The molecule has 0 bridgehead atoms. The van der Waals surface area contributed by atoms with E-state index >= 15 is 0 Å². The first-order valence-electron chi connectivity index (χ1n) is 6.08. The van der Waals surface area contributed by atoms with Crippen molar-refractivity contribution in [2.75, 3.05) is 5.73 Å². The van der Waals surface area contributed by atoms with Crippen LogP contribution in [0.5, 0.6) is 0 Å². The molecule has 0 atom stereocenters. The molecule has 0 aliphatic carbocycles. The van der Waals surface area contributed by atoms with Crippen LogP contribution in [-0.4, -0.2) is 20.2 Å². The van der Waals surface area contributed by atoms with Crippen LogP contribution in [0.3, 0.4) is 0 Å². The lowest BCUT2D eigenvalue weighted by Gasteiger charge is -2.17. The quantitative estimate of drug-likeness (QED) is 0.843. The second-order valence-electron chi connectivity index (χ2n) is 5.66. The lowest BCUT2D eigenvalue weighted by Crippen LogP contribution is -2.12. The third-order valence-corrected chi connectivity index (χ3v) is 2.77. The molecule has 0 radical (unpaired) electrons. The van der Waals surface area contributed by atoms with Crippen molar-refractivity contribution in [1.82, 2.24) is 20.2 Å². The Bertz CT molecular complexity index is 507. The zero-order valence-electron chi connectivity index (χ0n) is 11.1. The summed E-state index contributed by atoms with van der Waals surface area (Å²) in [5, 5.41) is 11.9. The van der Waals surface area contributed by atoms with E-state index in [2.05, 4.69) is 36.3 Å². The molecule has 0 aliphatic heterocycles. The first-order valence-corrected chi connectivity index (χ1v) is 6.08. The minimum Gasteiger partial charge on any atom is -0.399 e. The molecule has 5 nitrogen and oxygen atoms in total. The van der Waals surface area contributed by atoms with Crippen LogP contribution in [0, 0.1) is 5.41 Å². The summed E-state index contributed by atoms with van der Waals surface area (Å²) in [7, 11) is 0. The highest BCUT2D eigenvalue weighted by atomic mass is 15.5. The van der Waals surface area contributed by atoms with Gasteiger partial charge in [-0.15, -0.1) is 5.10 Å². The van der Waals surface area contributed by atoms with E-state index in [0.29, 0.717) is 0 Å². The number of anilines is 1. The Hall–Kier alpha value is -1.91. The van der Waals surface area contributed by atoms with Crippen molar-refractivity contribution >= 4 is 5.69 Å². The summed E-state index contributed by atoms with van der Waals surface area (Å²) in [6.45, 7) is 7.44.